The van der Waals surface area contributed by atoms with Crippen molar-refractivity contribution in [2.75, 3.05) is 26.2 Å². The lowest BCUT2D eigenvalue weighted by Crippen LogP contribution is -2.43. The maximum Gasteiger partial charge on any atom is 0.254 e. The Labute approximate surface area is 144 Å². The Balaban J connectivity index is 2.34. The molecular formula is C17H27N3O3S. The van der Waals surface area contributed by atoms with Crippen LogP contribution in [-0.4, -0.2) is 55.8 Å². The van der Waals surface area contributed by atoms with Gasteiger partial charge in [-0.25, -0.2) is 8.42 Å². The number of hydrogen-bond acceptors (Lipinski definition) is 4. The van der Waals surface area contributed by atoms with Crippen LogP contribution in [-0.2, 0) is 10.0 Å². The van der Waals surface area contributed by atoms with E-state index in [1.807, 2.05) is 6.92 Å². The number of benzene rings is 1. The molecule has 0 unspecified atom stereocenters. The summed E-state index contributed by atoms with van der Waals surface area (Å²) in [5, 5.41) is 0. The molecule has 7 heteroatoms. The average Bonchev–Trinajstić information content (AvgIpc) is 2.56. The quantitative estimate of drug-likeness (QED) is 0.871. The summed E-state index contributed by atoms with van der Waals surface area (Å²) >= 11 is 0. The first-order chi connectivity index (χ1) is 11.3. The molecule has 0 atom stereocenters. The van der Waals surface area contributed by atoms with Crippen LogP contribution >= 0.6 is 0 Å². The molecule has 0 spiro atoms. The van der Waals surface area contributed by atoms with E-state index in [4.69, 9.17) is 5.73 Å². The molecular weight excluding hydrogens is 326 g/mol. The van der Waals surface area contributed by atoms with Crippen LogP contribution < -0.4 is 5.73 Å². The van der Waals surface area contributed by atoms with Gasteiger partial charge in [0, 0.05) is 37.8 Å². The third kappa shape index (κ3) is 3.79. The normalized spacial score (nSPS) is 16.6. The molecule has 2 rings (SSSR count). The van der Waals surface area contributed by atoms with E-state index < -0.39 is 10.0 Å². The molecule has 1 heterocycles. The van der Waals surface area contributed by atoms with Crippen LogP contribution in [0.1, 0.15) is 42.6 Å². The molecule has 1 aliphatic heterocycles. The number of nitrogens with two attached hydrogens (primary N) is 1. The summed E-state index contributed by atoms with van der Waals surface area (Å²) in [4.78, 5) is 14.7. The molecule has 0 aliphatic carbocycles. The Morgan fingerprint density at radius 1 is 1.25 bits per heavy atom. The van der Waals surface area contributed by atoms with Gasteiger partial charge < -0.3 is 10.6 Å². The summed E-state index contributed by atoms with van der Waals surface area (Å²) in [6, 6.07) is 4.94. The number of nitrogens with zero attached hydrogens (tertiary/aromatic N) is 2. The highest BCUT2D eigenvalue weighted by Gasteiger charge is 2.26. The van der Waals surface area contributed by atoms with Crippen LogP contribution in [0.3, 0.4) is 0 Å². The van der Waals surface area contributed by atoms with Crippen molar-refractivity contribution in [3.63, 3.8) is 0 Å². The summed E-state index contributed by atoms with van der Waals surface area (Å²) < 4.78 is 26.8. The molecule has 1 amide bonds. The molecule has 0 radical (unpaired) electrons. The molecule has 2 N–H and O–H groups in total. The molecule has 6 nitrogen and oxygen atoms in total. The van der Waals surface area contributed by atoms with Crippen LogP contribution in [0, 0.1) is 6.92 Å². The van der Waals surface area contributed by atoms with Crippen LogP contribution in [0.25, 0.3) is 0 Å². The number of sulfonamides is 1. The summed E-state index contributed by atoms with van der Waals surface area (Å²) in [5.74, 6) is -0.115. The fourth-order valence-corrected chi connectivity index (χ4v) is 4.46. The third-order valence-corrected chi connectivity index (χ3v) is 6.66. The van der Waals surface area contributed by atoms with Crippen molar-refractivity contribution in [1.82, 2.24) is 9.21 Å². The van der Waals surface area contributed by atoms with Crippen molar-refractivity contribution in [3.05, 3.63) is 29.3 Å². The van der Waals surface area contributed by atoms with Gasteiger partial charge in [0.15, 0.2) is 0 Å². The number of aryl methyl sites for hydroxylation is 1. The highest BCUT2D eigenvalue weighted by Crippen LogP contribution is 2.22. The number of amides is 1. The number of carbonyl (C=O) groups is 1. The van der Waals surface area contributed by atoms with Gasteiger partial charge in [-0.1, -0.05) is 19.9 Å². The second-order valence-corrected chi connectivity index (χ2v) is 8.13. The predicted octanol–water partition coefficient (Wildman–Crippen LogP) is 1.59. The minimum Gasteiger partial charge on any atom is -0.339 e. The molecule has 1 saturated heterocycles. The summed E-state index contributed by atoms with van der Waals surface area (Å²) in [6.45, 7) is 7.48. The van der Waals surface area contributed by atoms with Crippen molar-refractivity contribution in [3.8, 4) is 0 Å². The summed E-state index contributed by atoms with van der Waals surface area (Å²) in [7, 11) is -3.57. The van der Waals surface area contributed by atoms with Crippen LogP contribution in [0.2, 0.25) is 0 Å². The monoisotopic (exact) mass is 353 g/mol. The van der Waals surface area contributed by atoms with Gasteiger partial charge in [0.25, 0.3) is 5.91 Å². The van der Waals surface area contributed by atoms with E-state index in [1.165, 1.54) is 10.4 Å². The summed E-state index contributed by atoms with van der Waals surface area (Å²) in [6.07, 6.45) is 1.56. The molecule has 1 aromatic rings. The van der Waals surface area contributed by atoms with Crippen molar-refractivity contribution in [1.29, 1.82) is 0 Å². The van der Waals surface area contributed by atoms with Crippen molar-refractivity contribution < 1.29 is 13.2 Å². The van der Waals surface area contributed by atoms with E-state index in [0.29, 0.717) is 31.7 Å². The number of hydrogen-bond donors (Lipinski definition) is 1. The molecule has 134 valence electrons. The highest BCUT2D eigenvalue weighted by molar-refractivity contribution is 7.89. The maximum absolute atomic E-state index is 12.8. The topological polar surface area (TPSA) is 83.7 Å². The van der Waals surface area contributed by atoms with E-state index >= 15 is 0 Å². The van der Waals surface area contributed by atoms with Crippen LogP contribution in [0.4, 0.5) is 0 Å². The molecule has 1 fully saturated rings. The van der Waals surface area contributed by atoms with Gasteiger partial charge in [-0.15, -0.1) is 0 Å². The van der Waals surface area contributed by atoms with Gasteiger partial charge in [-0.3, -0.25) is 4.79 Å². The predicted molar refractivity (Wildman–Crippen MR) is 94.4 cm³/mol. The van der Waals surface area contributed by atoms with Gasteiger partial charge in [0.1, 0.15) is 0 Å². The minimum absolute atomic E-state index is 0.115. The van der Waals surface area contributed by atoms with E-state index in [1.54, 1.807) is 30.9 Å². The number of likely N-dealkylation sites (tertiary alicyclic amines) is 1. The lowest BCUT2D eigenvalue weighted by Gasteiger charge is -2.30. The molecule has 0 bridgehead atoms. The van der Waals surface area contributed by atoms with E-state index in [2.05, 4.69) is 0 Å². The number of piperidine rings is 1. The number of rotatable bonds is 5. The van der Waals surface area contributed by atoms with E-state index in [9.17, 15) is 13.2 Å². The largest absolute Gasteiger partial charge is 0.339 e. The smallest absolute Gasteiger partial charge is 0.254 e. The second kappa shape index (κ2) is 7.63. The third-order valence-electron chi connectivity index (χ3n) is 4.61. The van der Waals surface area contributed by atoms with Crippen molar-refractivity contribution in [2.24, 2.45) is 5.73 Å². The van der Waals surface area contributed by atoms with Crippen molar-refractivity contribution >= 4 is 15.9 Å². The molecule has 0 aromatic heterocycles. The highest BCUT2D eigenvalue weighted by atomic mass is 32.2. The SMILES string of the molecule is CCN(CC)S(=O)(=O)c1ccc(C)c(C(=O)N2CCC(N)CC2)c1. The molecule has 24 heavy (non-hydrogen) atoms. The zero-order valence-electron chi connectivity index (χ0n) is 14.7. The zero-order valence-corrected chi connectivity index (χ0v) is 15.5. The summed E-state index contributed by atoms with van der Waals surface area (Å²) in [5.41, 5.74) is 7.13. The van der Waals surface area contributed by atoms with Gasteiger partial charge >= 0.3 is 0 Å². The first kappa shape index (κ1) is 18.9. The zero-order chi connectivity index (χ0) is 17.9. The Hall–Kier alpha value is -1.44. The Morgan fingerprint density at radius 3 is 2.38 bits per heavy atom. The standard InChI is InChI=1S/C17H27N3O3S/c1-4-20(5-2)24(22,23)15-7-6-13(3)16(12-15)17(21)19-10-8-14(18)9-11-19/h6-7,12,14H,4-5,8-11,18H2,1-3H3. The van der Waals surface area contributed by atoms with E-state index in [-0.39, 0.29) is 16.8 Å². The fourth-order valence-electron chi connectivity index (χ4n) is 2.98. The minimum atomic E-state index is -3.57. The lowest BCUT2D eigenvalue weighted by atomic mass is 10.0. The Bertz CT molecular complexity index is 691. The second-order valence-electron chi connectivity index (χ2n) is 6.20. The molecule has 0 saturated carbocycles. The average molecular weight is 353 g/mol. The van der Waals surface area contributed by atoms with Crippen molar-refractivity contribution in [2.45, 2.75) is 44.6 Å². The van der Waals surface area contributed by atoms with Gasteiger partial charge in [-0.05, 0) is 37.5 Å². The van der Waals surface area contributed by atoms with E-state index in [0.717, 1.165) is 18.4 Å². The Kier molecular flexibility index (Phi) is 6.01. The van der Waals surface area contributed by atoms with Gasteiger partial charge in [-0.2, -0.15) is 4.31 Å². The maximum atomic E-state index is 12.8. The fraction of sp³-hybridized carbons (Fsp3) is 0.588. The number of carbonyl (C=O) groups excluding carboxylic acids is 1. The molecule has 1 aliphatic rings. The van der Waals surface area contributed by atoms with Crippen LogP contribution in [0.5, 0.6) is 0 Å². The first-order valence-corrected chi connectivity index (χ1v) is 9.90. The first-order valence-electron chi connectivity index (χ1n) is 8.46. The lowest BCUT2D eigenvalue weighted by molar-refractivity contribution is 0.0713. The molecule has 1 aromatic carbocycles. The van der Waals surface area contributed by atoms with Crippen LogP contribution in [0.15, 0.2) is 23.1 Å². The Morgan fingerprint density at radius 2 is 1.83 bits per heavy atom. The van der Waals surface area contributed by atoms with Gasteiger partial charge in [0.2, 0.25) is 10.0 Å². The van der Waals surface area contributed by atoms with Gasteiger partial charge in [0.05, 0.1) is 4.90 Å².